The Bertz CT molecular complexity index is 1550. The number of hydrogen-bond donors (Lipinski definition) is 0. The standard InChI is InChI=1S/C24H18N2OS2/c1-24(2,3)16-11-14(10-13-6-8-29-22(13)16)21-20-19-15-7-9-28-18(15)5-4-17(19)27-23(20)26-12-25-21/h4-12H,1-3H3. The predicted molar refractivity (Wildman–Crippen MR) is 124 cm³/mol. The van der Waals surface area contributed by atoms with E-state index in [1.807, 2.05) is 6.07 Å². The van der Waals surface area contributed by atoms with Gasteiger partial charge < -0.3 is 4.42 Å². The molecule has 6 rings (SSSR count). The highest BCUT2D eigenvalue weighted by Crippen LogP contribution is 2.42. The summed E-state index contributed by atoms with van der Waals surface area (Å²) in [6.45, 7) is 6.80. The molecule has 0 saturated carbocycles. The fourth-order valence-electron chi connectivity index (χ4n) is 4.14. The maximum absolute atomic E-state index is 6.12. The van der Waals surface area contributed by atoms with Gasteiger partial charge in [0.25, 0.3) is 0 Å². The lowest BCUT2D eigenvalue weighted by atomic mass is 9.85. The largest absolute Gasteiger partial charge is 0.438 e. The maximum Gasteiger partial charge on any atom is 0.231 e. The normalized spacial score (nSPS) is 12.7. The number of fused-ring (bicyclic) bond motifs is 6. The van der Waals surface area contributed by atoms with E-state index in [9.17, 15) is 0 Å². The molecule has 4 heterocycles. The van der Waals surface area contributed by atoms with Gasteiger partial charge in [-0.25, -0.2) is 9.97 Å². The zero-order chi connectivity index (χ0) is 19.8. The Kier molecular flexibility index (Phi) is 3.47. The molecule has 0 saturated heterocycles. The van der Waals surface area contributed by atoms with Crippen molar-refractivity contribution >= 4 is 64.9 Å². The van der Waals surface area contributed by atoms with E-state index in [0.717, 1.165) is 27.6 Å². The molecule has 0 aliphatic heterocycles. The van der Waals surface area contributed by atoms with Crippen molar-refractivity contribution in [3.8, 4) is 11.3 Å². The molecular weight excluding hydrogens is 396 g/mol. The summed E-state index contributed by atoms with van der Waals surface area (Å²) in [7, 11) is 0. The number of hydrogen-bond acceptors (Lipinski definition) is 5. The summed E-state index contributed by atoms with van der Waals surface area (Å²) in [6.07, 6.45) is 1.61. The van der Waals surface area contributed by atoms with Gasteiger partial charge in [0.15, 0.2) is 0 Å². The lowest BCUT2D eigenvalue weighted by Gasteiger charge is -2.21. The topological polar surface area (TPSA) is 38.9 Å². The molecule has 0 radical (unpaired) electrons. The Morgan fingerprint density at radius 1 is 0.897 bits per heavy atom. The molecule has 0 atom stereocenters. The van der Waals surface area contributed by atoms with Gasteiger partial charge in [-0.15, -0.1) is 22.7 Å². The quantitative estimate of drug-likeness (QED) is 0.276. The van der Waals surface area contributed by atoms with E-state index in [1.165, 1.54) is 25.7 Å². The second-order valence-electron chi connectivity index (χ2n) is 8.39. The molecule has 0 amide bonds. The summed E-state index contributed by atoms with van der Waals surface area (Å²) in [6, 6.07) is 13.1. The number of aromatic nitrogens is 2. The molecule has 0 aliphatic rings. The second kappa shape index (κ2) is 5.88. The SMILES string of the molecule is CC(C)(C)c1cc(-c2ncnc3oc4ccc5sccc5c4c23)cc2ccsc12. The van der Waals surface area contributed by atoms with Crippen LogP contribution in [0.3, 0.4) is 0 Å². The van der Waals surface area contributed by atoms with Crippen LogP contribution in [-0.4, -0.2) is 9.97 Å². The minimum atomic E-state index is 0.0460. The third kappa shape index (κ3) is 2.47. The molecule has 3 nitrogen and oxygen atoms in total. The van der Waals surface area contributed by atoms with Gasteiger partial charge in [0.2, 0.25) is 5.71 Å². The molecule has 5 heteroatoms. The zero-order valence-corrected chi connectivity index (χ0v) is 17.9. The smallest absolute Gasteiger partial charge is 0.231 e. The third-order valence-corrected chi connectivity index (χ3v) is 7.34. The highest BCUT2D eigenvalue weighted by atomic mass is 32.1. The molecule has 29 heavy (non-hydrogen) atoms. The molecule has 2 aromatic carbocycles. The Labute approximate surface area is 175 Å². The number of nitrogens with zero attached hydrogens (tertiary/aromatic N) is 2. The van der Waals surface area contributed by atoms with Crippen molar-refractivity contribution < 1.29 is 4.42 Å². The number of furan rings is 1. The highest BCUT2D eigenvalue weighted by Gasteiger charge is 2.22. The van der Waals surface area contributed by atoms with Gasteiger partial charge in [0, 0.05) is 25.7 Å². The van der Waals surface area contributed by atoms with Crippen molar-refractivity contribution in [1.29, 1.82) is 0 Å². The fourth-order valence-corrected chi connectivity index (χ4v) is 6.04. The molecule has 142 valence electrons. The van der Waals surface area contributed by atoms with Crippen molar-refractivity contribution in [2.24, 2.45) is 0 Å². The Hall–Kier alpha value is -2.76. The summed E-state index contributed by atoms with van der Waals surface area (Å²) in [4.78, 5) is 9.19. The van der Waals surface area contributed by atoms with Crippen molar-refractivity contribution in [1.82, 2.24) is 9.97 Å². The van der Waals surface area contributed by atoms with Gasteiger partial charge in [-0.05, 0) is 63.5 Å². The summed E-state index contributed by atoms with van der Waals surface area (Å²) in [5.41, 5.74) is 4.95. The summed E-state index contributed by atoms with van der Waals surface area (Å²) >= 11 is 3.55. The lowest BCUT2D eigenvalue weighted by Crippen LogP contribution is -2.11. The summed E-state index contributed by atoms with van der Waals surface area (Å²) in [5.74, 6) is 0. The second-order valence-corrected chi connectivity index (χ2v) is 10.3. The molecule has 0 aliphatic carbocycles. The molecular formula is C24H18N2OS2. The summed E-state index contributed by atoms with van der Waals surface area (Å²) in [5, 5.41) is 8.87. The maximum atomic E-state index is 6.12. The molecule has 6 aromatic rings. The Balaban J connectivity index is 1.76. The average molecular weight is 415 g/mol. The van der Waals surface area contributed by atoms with Gasteiger partial charge >= 0.3 is 0 Å². The van der Waals surface area contributed by atoms with Crippen molar-refractivity contribution in [3.05, 3.63) is 59.0 Å². The van der Waals surface area contributed by atoms with Crippen LogP contribution in [0.2, 0.25) is 0 Å². The molecule has 0 fully saturated rings. The van der Waals surface area contributed by atoms with Crippen LogP contribution in [0.4, 0.5) is 0 Å². The Morgan fingerprint density at radius 3 is 2.62 bits per heavy atom. The number of rotatable bonds is 1. The monoisotopic (exact) mass is 414 g/mol. The van der Waals surface area contributed by atoms with E-state index < -0.39 is 0 Å². The van der Waals surface area contributed by atoms with Gasteiger partial charge in [0.05, 0.1) is 11.1 Å². The Morgan fingerprint density at radius 2 is 1.76 bits per heavy atom. The first-order valence-corrected chi connectivity index (χ1v) is 11.3. The van der Waals surface area contributed by atoms with Crippen LogP contribution in [0.25, 0.3) is 53.5 Å². The summed E-state index contributed by atoms with van der Waals surface area (Å²) < 4.78 is 8.72. The van der Waals surface area contributed by atoms with Gasteiger partial charge in [-0.3, -0.25) is 0 Å². The van der Waals surface area contributed by atoms with E-state index in [-0.39, 0.29) is 5.41 Å². The number of benzene rings is 2. The van der Waals surface area contributed by atoms with Crippen LogP contribution in [0.1, 0.15) is 26.3 Å². The molecule has 0 N–H and O–H groups in total. The predicted octanol–water partition coefficient (Wildman–Crippen LogP) is 7.77. The minimum Gasteiger partial charge on any atom is -0.438 e. The molecule has 0 unspecified atom stereocenters. The average Bonchev–Trinajstić information content (AvgIpc) is 3.41. The van der Waals surface area contributed by atoms with Crippen LogP contribution in [0.5, 0.6) is 0 Å². The van der Waals surface area contributed by atoms with Crippen LogP contribution in [-0.2, 0) is 5.41 Å². The molecule has 0 spiro atoms. The van der Waals surface area contributed by atoms with Crippen molar-refractivity contribution in [2.45, 2.75) is 26.2 Å². The fraction of sp³-hybridized carbons (Fsp3) is 0.167. The van der Waals surface area contributed by atoms with E-state index in [1.54, 1.807) is 29.0 Å². The van der Waals surface area contributed by atoms with Crippen LogP contribution in [0.15, 0.2) is 57.9 Å². The van der Waals surface area contributed by atoms with E-state index >= 15 is 0 Å². The van der Waals surface area contributed by atoms with E-state index in [0.29, 0.717) is 5.71 Å². The lowest BCUT2D eigenvalue weighted by molar-refractivity contribution is 0.597. The number of thiophene rings is 2. The van der Waals surface area contributed by atoms with Crippen molar-refractivity contribution in [2.75, 3.05) is 0 Å². The minimum absolute atomic E-state index is 0.0460. The zero-order valence-electron chi connectivity index (χ0n) is 16.3. The first-order valence-electron chi connectivity index (χ1n) is 9.56. The first-order chi connectivity index (χ1) is 14.0. The third-order valence-electron chi connectivity index (χ3n) is 5.50. The molecule has 0 bridgehead atoms. The van der Waals surface area contributed by atoms with Gasteiger partial charge in [0.1, 0.15) is 11.9 Å². The first kappa shape index (κ1) is 17.1. The van der Waals surface area contributed by atoms with Crippen LogP contribution >= 0.6 is 22.7 Å². The highest BCUT2D eigenvalue weighted by molar-refractivity contribution is 7.17. The van der Waals surface area contributed by atoms with E-state index in [4.69, 9.17) is 9.40 Å². The van der Waals surface area contributed by atoms with E-state index in [2.05, 4.69) is 66.8 Å². The van der Waals surface area contributed by atoms with Gasteiger partial charge in [-0.1, -0.05) is 20.8 Å². The van der Waals surface area contributed by atoms with Crippen molar-refractivity contribution in [3.63, 3.8) is 0 Å². The van der Waals surface area contributed by atoms with Crippen LogP contribution in [0, 0.1) is 0 Å². The van der Waals surface area contributed by atoms with Crippen LogP contribution < -0.4 is 0 Å². The molecule has 4 aromatic heterocycles. The van der Waals surface area contributed by atoms with Gasteiger partial charge in [-0.2, -0.15) is 0 Å².